The molecule has 1 atom stereocenters. The molecule has 2 aromatic carbocycles. The highest BCUT2D eigenvalue weighted by atomic mass is 19.4. The zero-order valence-electron chi connectivity index (χ0n) is 18.3. The topological polar surface area (TPSA) is 32.8 Å². The molecule has 0 amide bonds. The lowest BCUT2D eigenvalue weighted by Gasteiger charge is -2.23. The standard InChI is InChI=1S/C23H24F6N2O2/c1-14(2)30(3)10-16-8-17-12-31(20(13-32)21(17)19(9-16)22(24,25)26)11-15-4-6-18(7-5-15)33-23(27,28)29/h4-9,13-14,20H,10-12H2,1-3H3. The number of rotatable bonds is 7. The number of ether oxygens (including phenoxy) is 1. The first-order valence-electron chi connectivity index (χ1n) is 10.3. The van der Waals surface area contributed by atoms with E-state index in [0.29, 0.717) is 29.5 Å². The third kappa shape index (κ3) is 6.05. The normalized spacial score (nSPS) is 17.0. The predicted octanol–water partition coefficient (Wildman–Crippen LogP) is 5.70. The SMILES string of the molecule is CC(C)N(C)Cc1cc2c(c(C(F)(F)F)c1)C(C=O)N(Cc1ccc(OC(F)(F)F)cc1)C2. The zero-order valence-corrected chi connectivity index (χ0v) is 18.3. The molecular weight excluding hydrogens is 450 g/mol. The summed E-state index contributed by atoms with van der Waals surface area (Å²) >= 11 is 0. The summed E-state index contributed by atoms with van der Waals surface area (Å²) in [6.45, 7) is 4.39. The Kier molecular flexibility index (Phi) is 7.09. The summed E-state index contributed by atoms with van der Waals surface area (Å²) < 4.78 is 82.6. The zero-order chi connectivity index (χ0) is 24.6. The van der Waals surface area contributed by atoms with Gasteiger partial charge in [-0.15, -0.1) is 13.2 Å². The van der Waals surface area contributed by atoms with E-state index in [4.69, 9.17) is 0 Å². The van der Waals surface area contributed by atoms with Crippen LogP contribution in [0.2, 0.25) is 0 Å². The molecule has 0 fully saturated rings. The average molecular weight is 474 g/mol. The number of hydrogen-bond donors (Lipinski definition) is 0. The first-order valence-corrected chi connectivity index (χ1v) is 10.3. The minimum atomic E-state index is -4.82. The number of benzene rings is 2. The second kappa shape index (κ2) is 9.34. The van der Waals surface area contributed by atoms with Gasteiger partial charge in [0.05, 0.1) is 11.6 Å². The number of carbonyl (C=O) groups excluding carboxylic acids is 1. The van der Waals surface area contributed by atoms with Crippen molar-refractivity contribution < 1.29 is 35.9 Å². The molecule has 0 aliphatic carbocycles. The van der Waals surface area contributed by atoms with Gasteiger partial charge in [0.15, 0.2) is 0 Å². The molecule has 3 rings (SSSR count). The highest BCUT2D eigenvalue weighted by Gasteiger charge is 2.41. The van der Waals surface area contributed by atoms with Crippen molar-refractivity contribution in [2.75, 3.05) is 7.05 Å². The lowest BCUT2D eigenvalue weighted by molar-refractivity contribution is -0.274. The van der Waals surface area contributed by atoms with Gasteiger partial charge in [-0.05, 0) is 61.3 Å². The Morgan fingerprint density at radius 3 is 2.24 bits per heavy atom. The summed E-state index contributed by atoms with van der Waals surface area (Å²) in [6, 6.07) is 6.85. The third-order valence-corrected chi connectivity index (χ3v) is 5.68. The Morgan fingerprint density at radius 2 is 1.73 bits per heavy atom. The molecule has 0 aromatic heterocycles. The summed E-state index contributed by atoms with van der Waals surface area (Å²) in [5, 5.41) is 0. The van der Waals surface area contributed by atoms with Crippen molar-refractivity contribution >= 4 is 6.29 Å². The molecule has 1 unspecified atom stereocenters. The van der Waals surface area contributed by atoms with Gasteiger partial charge in [0.25, 0.3) is 0 Å². The van der Waals surface area contributed by atoms with Crippen LogP contribution in [-0.2, 0) is 30.6 Å². The lowest BCUT2D eigenvalue weighted by Crippen LogP contribution is -2.26. The monoisotopic (exact) mass is 474 g/mol. The van der Waals surface area contributed by atoms with Crippen molar-refractivity contribution in [3.8, 4) is 5.75 Å². The Hall–Kier alpha value is -2.59. The van der Waals surface area contributed by atoms with Crippen LogP contribution in [0.1, 0.15) is 47.7 Å². The molecule has 1 aliphatic rings. The molecule has 1 aliphatic heterocycles. The number of alkyl halides is 6. The first-order chi connectivity index (χ1) is 15.3. The Bertz CT molecular complexity index is 986. The fourth-order valence-electron chi connectivity index (χ4n) is 3.89. The largest absolute Gasteiger partial charge is 0.573 e. The van der Waals surface area contributed by atoms with Gasteiger partial charge in [0, 0.05) is 25.7 Å². The number of hydrogen-bond acceptors (Lipinski definition) is 4. The smallest absolute Gasteiger partial charge is 0.406 e. The van der Waals surface area contributed by atoms with Gasteiger partial charge < -0.3 is 9.53 Å². The van der Waals surface area contributed by atoms with Gasteiger partial charge in [-0.2, -0.15) is 13.2 Å². The van der Waals surface area contributed by atoms with Crippen LogP contribution in [-0.4, -0.2) is 35.5 Å². The van der Waals surface area contributed by atoms with E-state index in [0.717, 1.165) is 18.2 Å². The van der Waals surface area contributed by atoms with Crippen LogP contribution in [0.4, 0.5) is 26.3 Å². The molecule has 0 N–H and O–H groups in total. The number of aldehydes is 1. The van der Waals surface area contributed by atoms with E-state index in [2.05, 4.69) is 4.74 Å². The van der Waals surface area contributed by atoms with Crippen LogP contribution in [0.25, 0.3) is 0 Å². The Morgan fingerprint density at radius 1 is 1.09 bits per heavy atom. The van der Waals surface area contributed by atoms with E-state index in [9.17, 15) is 31.1 Å². The highest BCUT2D eigenvalue weighted by molar-refractivity contribution is 5.67. The van der Waals surface area contributed by atoms with Crippen molar-refractivity contribution in [3.05, 3.63) is 64.2 Å². The molecule has 0 saturated heterocycles. The molecule has 0 radical (unpaired) electrons. The maximum atomic E-state index is 13.9. The number of nitrogens with zero attached hydrogens (tertiary/aromatic N) is 2. The molecule has 0 bridgehead atoms. The minimum absolute atomic E-state index is 0.0644. The van der Waals surface area contributed by atoms with Gasteiger partial charge >= 0.3 is 12.5 Å². The quantitative estimate of drug-likeness (QED) is 0.381. The summed E-state index contributed by atoms with van der Waals surface area (Å²) in [7, 11) is 1.82. The molecule has 1 heterocycles. The Labute approximate surface area is 187 Å². The van der Waals surface area contributed by atoms with E-state index in [-0.39, 0.29) is 24.7 Å². The van der Waals surface area contributed by atoms with Crippen LogP contribution < -0.4 is 4.74 Å². The van der Waals surface area contributed by atoms with Crippen LogP contribution in [0.5, 0.6) is 5.75 Å². The maximum Gasteiger partial charge on any atom is 0.573 e. The van der Waals surface area contributed by atoms with Gasteiger partial charge in [0.2, 0.25) is 0 Å². The van der Waals surface area contributed by atoms with E-state index in [1.54, 1.807) is 11.0 Å². The molecular formula is C23H24F6N2O2. The highest BCUT2D eigenvalue weighted by Crippen LogP contribution is 2.43. The van der Waals surface area contributed by atoms with Crippen LogP contribution >= 0.6 is 0 Å². The van der Waals surface area contributed by atoms with E-state index in [1.165, 1.54) is 12.1 Å². The van der Waals surface area contributed by atoms with Gasteiger partial charge in [-0.1, -0.05) is 18.2 Å². The lowest BCUT2D eigenvalue weighted by atomic mass is 9.95. The predicted molar refractivity (Wildman–Crippen MR) is 109 cm³/mol. The van der Waals surface area contributed by atoms with E-state index >= 15 is 0 Å². The van der Waals surface area contributed by atoms with Gasteiger partial charge in [-0.25, -0.2) is 0 Å². The van der Waals surface area contributed by atoms with Crippen molar-refractivity contribution in [1.82, 2.24) is 9.80 Å². The molecule has 4 nitrogen and oxygen atoms in total. The molecule has 0 saturated carbocycles. The maximum absolute atomic E-state index is 13.9. The minimum Gasteiger partial charge on any atom is -0.406 e. The van der Waals surface area contributed by atoms with E-state index in [1.807, 2.05) is 25.8 Å². The summed E-state index contributed by atoms with van der Waals surface area (Å²) in [6.07, 6.45) is -8.98. The fraction of sp³-hybridized carbons (Fsp3) is 0.435. The van der Waals surface area contributed by atoms with Crippen molar-refractivity contribution in [1.29, 1.82) is 0 Å². The van der Waals surface area contributed by atoms with Crippen molar-refractivity contribution in [2.45, 2.75) is 58.1 Å². The van der Waals surface area contributed by atoms with Crippen LogP contribution in [0.3, 0.4) is 0 Å². The summed E-state index contributed by atoms with van der Waals surface area (Å²) in [5.74, 6) is -0.402. The van der Waals surface area contributed by atoms with Gasteiger partial charge in [-0.3, -0.25) is 9.80 Å². The summed E-state index contributed by atoms with van der Waals surface area (Å²) in [5.41, 5.74) is 0.562. The number of halogens is 6. The second-order valence-electron chi connectivity index (χ2n) is 8.40. The van der Waals surface area contributed by atoms with Gasteiger partial charge in [0.1, 0.15) is 12.0 Å². The molecule has 33 heavy (non-hydrogen) atoms. The van der Waals surface area contributed by atoms with Crippen molar-refractivity contribution in [3.63, 3.8) is 0 Å². The average Bonchev–Trinajstić information content (AvgIpc) is 3.03. The van der Waals surface area contributed by atoms with Crippen LogP contribution in [0.15, 0.2) is 36.4 Å². The number of fused-ring (bicyclic) bond motifs is 1. The number of carbonyl (C=O) groups is 1. The summed E-state index contributed by atoms with van der Waals surface area (Å²) in [4.78, 5) is 15.3. The van der Waals surface area contributed by atoms with E-state index < -0.39 is 29.9 Å². The second-order valence-corrected chi connectivity index (χ2v) is 8.40. The first kappa shape index (κ1) is 25.0. The molecule has 180 valence electrons. The molecule has 0 spiro atoms. The molecule has 2 aromatic rings. The molecule has 10 heteroatoms. The van der Waals surface area contributed by atoms with Crippen molar-refractivity contribution in [2.24, 2.45) is 0 Å². The fourth-order valence-corrected chi connectivity index (χ4v) is 3.89. The third-order valence-electron chi connectivity index (χ3n) is 5.68. The van der Waals surface area contributed by atoms with Crippen LogP contribution in [0, 0.1) is 0 Å². The Balaban J connectivity index is 1.89.